The lowest BCUT2D eigenvalue weighted by molar-refractivity contribution is -0.127. The van der Waals surface area contributed by atoms with E-state index in [1.54, 1.807) is 0 Å². The number of aromatic nitrogens is 3. The highest BCUT2D eigenvalue weighted by molar-refractivity contribution is 5.76. The van der Waals surface area contributed by atoms with E-state index in [1.807, 2.05) is 0 Å². The highest BCUT2D eigenvalue weighted by atomic mass is 16.3. The van der Waals surface area contributed by atoms with E-state index in [0.29, 0.717) is 25.2 Å². The lowest BCUT2D eigenvalue weighted by atomic mass is 9.82. The van der Waals surface area contributed by atoms with Crippen molar-refractivity contribution >= 4 is 5.91 Å². The van der Waals surface area contributed by atoms with Crippen molar-refractivity contribution in [3.05, 3.63) is 16.3 Å². The van der Waals surface area contributed by atoms with Crippen LogP contribution >= 0.6 is 0 Å². The van der Waals surface area contributed by atoms with Gasteiger partial charge in [0.15, 0.2) is 0 Å². The molecule has 2 rings (SSSR count). The van der Waals surface area contributed by atoms with E-state index in [9.17, 15) is 14.7 Å². The fourth-order valence-corrected chi connectivity index (χ4v) is 2.66. The molecule has 20 heavy (non-hydrogen) atoms. The highest BCUT2D eigenvalue weighted by Gasteiger charge is 2.31. The average Bonchev–Trinajstić information content (AvgIpc) is 2.81. The fourth-order valence-electron chi connectivity index (χ4n) is 2.66. The van der Waals surface area contributed by atoms with Crippen LogP contribution in [-0.2, 0) is 11.2 Å². The molecule has 0 unspecified atom stereocenters. The number of aryl methyl sites for hydroxylation is 1. The van der Waals surface area contributed by atoms with Crippen molar-refractivity contribution in [1.29, 1.82) is 0 Å². The number of amides is 1. The van der Waals surface area contributed by atoms with E-state index in [0.717, 1.165) is 32.1 Å². The summed E-state index contributed by atoms with van der Waals surface area (Å²) in [5.41, 5.74) is -1.13. The van der Waals surface area contributed by atoms with Crippen LogP contribution in [0.5, 0.6) is 0 Å². The molecule has 0 atom stereocenters. The van der Waals surface area contributed by atoms with Gasteiger partial charge < -0.3 is 10.4 Å². The standard InChI is InChI=1S/C13H22N4O3/c18-11(9-13(20)6-2-1-3-7-13)14-8-4-5-10-15-12(19)17-16-10/h20H,1-9H2,(H,14,18)(H2,15,16,17,19). The molecular formula is C13H22N4O3. The first-order valence-electron chi connectivity index (χ1n) is 7.20. The number of nitrogens with one attached hydrogen (secondary N) is 3. The van der Waals surface area contributed by atoms with Crippen molar-refractivity contribution in [3.63, 3.8) is 0 Å². The maximum Gasteiger partial charge on any atom is 0.340 e. The van der Waals surface area contributed by atoms with Crippen LogP contribution in [0.1, 0.15) is 50.8 Å². The normalized spacial score (nSPS) is 17.9. The van der Waals surface area contributed by atoms with Gasteiger partial charge in [-0.2, -0.15) is 5.10 Å². The zero-order chi connectivity index (χ0) is 14.4. The second-order valence-corrected chi connectivity index (χ2v) is 5.54. The number of aromatic amines is 2. The topological polar surface area (TPSA) is 111 Å². The number of hydrogen-bond donors (Lipinski definition) is 4. The van der Waals surface area contributed by atoms with Gasteiger partial charge in [-0.05, 0) is 19.3 Å². The Bertz CT molecular complexity index is 488. The molecule has 0 aliphatic heterocycles. The van der Waals surface area contributed by atoms with Crippen molar-refractivity contribution in [2.24, 2.45) is 0 Å². The van der Waals surface area contributed by atoms with Gasteiger partial charge in [-0.15, -0.1) is 0 Å². The molecule has 7 nitrogen and oxygen atoms in total. The van der Waals surface area contributed by atoms with E-state index >= 15 is 0 Å². The maximum atomic E-state index is 11.8. The minimum atomic E-state index is -0.810. The molecule has 0 radical (unpaired) electrons. The summed E-state index contributed by atoms with van der Waals surface area (Å²) >= 11 is 0. The Kier molecular flexibility index (Phi) is 4.94. The Hall–Kier alpha value is -1.63. The fraction of sp³-hybridized carbons (Fsp3) is 0.769. The van der Waals surface area contributed by atoms with Crippen molar-refractivity contribution < 1.29 is 9.90 Å². The molecule has 112 valence electrons. The SMILES string of the molecule is O=C(CC1(O)CCCCC1)NCCCc1n[nH]c(=O)[nH]1. The molecule has 1 aromatic rings. The number of rotatable bonds is 6. The first-order valence-corrected chi connectivity index (χ1v) is 7.20. The largest absolute Gasteiger partial charge is 0.389 e. The summed E-state index contributed by atoms with van der Waals surface area (Å²) in [4.78, 5) is 25.2. The van der Waals surface area contributed by atoms with Crippen LogP contribution in [0.2, 0.25) is 0 Å². The smallest absolute Gasteiger partial charge is 0.340 e. The van der Waals surface area contributed by atoms with Gasteiger partial charge in [0.2, 0.25) is 5.91 Å². The summed E-state index contributed by atoms with van der Waals surface area (Å²) in [6, 6.07) is 0. The average molecular weight is 282 g/mol. The highest BCUT2D eigenvalue weighted by Crippen LogP contribution is 2.30. The van der Waals surface area contributed by atoms with Crippen LogP contribution < -0.4 is 11.0 Å². The molecule has 0 aromatic carbocycles. The zero-order valence-electron chi connectivity index (χ0n) is 11.6. The van der Waals surface area contributed by atoms with Gasteiger partial charge in [-0.25, -0.2) is 9.89 Å². The Balaban J connectivity index is 1.63. The third-order valence-corrected chi connectivity index (χ3v) is 3.74. The molecule has 0 spiro atoms. The Morgan fingerprint density at radius 1 is 1.35 bits per heavy atom. The van der Waals surface area contributed by atoms with Gasteiger partial charge >= 0.3 is 5.69 Å². The lowest BCUT2D eigenvalue weighted by Crippen LogP contribution is -2.38. The number of H-pyrrole nitrogens is 2. The molecule has 1 fully saturated rings. The molecular weight excluding hydrogens is 260 g/mol. The van der Waals surface area contributed by atoms with Crippen LogP contribution in [0.4, 0.5) is 0 Å². The number of nitrogens with zero attached hydrogens (tertiary/aromatic N) is 1. The third-order valence-electron chi connectivity index (χ3n) is 3.74. The lowest BCUT2D eigenvalue weighted by Gasteiger charge is -2.31. The Morgan fingerprint density at radius 2 is 2.10 bits per heavy atom. The first-order chi connectivity index (χ1) is 9.57. The number of aliphatic hydroxyl groups is 1. The summed E-state index contributed by atoms with van der Waals surface area (Å²) in [5.74, 6) is 0.486. The van der Waals surface area contributed by atoms with E-state index in [4.69, 9.17) is 0 Å². The molecule has 1 aliphatic carbocycles. The van der Waals surface area contributed by atoms with E-state index in [2.05, 4.69) is 20.5 Å². The minimum absolute atomic E-state index is 0.107. The van der Waals surface area contributed by atoms with E-state index in [-0.39, 0.29) is 18.0 Å². The van der Waals surface area contributed by atoms with Crippen LogP contribution in [-0.4, -0.2) is 38.3 Å². The quantitative estimate of drug-likeness (QED) is 0.560. The van der Waals surface area contributed by atoms with Crippen LogP contribution in [0.3, 0.4) is 0 Å². The number of carbonyl (C=O) groups excluding carboxylic acids is 1. The molecule has 4 N–H and O–H groups in total. The Morgan fingerprint density at radius 3 is 2.75 bits per heavy atom. The minimum Gasteiger partial charge on any atom is -0.389 e. The van der Waals surface area contributed by atoms with Crippen LogP contribution in [0, 0.1) is 0 Å². The van der Waals surface area contributed by atoms with Crippen molar-refractivity contribution in [1.82, 2.24) is 20.5 Å². The second-order valence-electron chi connectivity index (χ2n) is 5.54. The third kappa shape index (κ3) is 4.48. The molecule has 1 heterocycles. The molecule has 0 bridgehead atoms. The van der Waals surface area contributed by atoms with Crippen molar-refractivity contribution in [3.8, 4) is 0 Å². The molecule has 1 aromatic heterocycles. The Labute approximate surface area is 117 Å². The summed E-state index contributed by atoms with van der Waals surface area (Å²) in [7, 11) is 0. The van der Waals surface area contributed by atoms with Crippen molar-refractivity contribution in [2.75, 3.05) is 6.54 Å². The molecule has 0 saturated heterocycles. The van der Waals surface area contributed by atoms with Gasteiger partial charge in [0, 0.05) is 13.0 Å². The first kappa shape index (κ1) is 14.8. The van der Waals surface area contributed by atoms with Gasteiger partial charge in [0.1, 0.15) is 5.82 Å². The monoisotopic (exact) mass is 282 g/mol. The summed E-state index contributed by atoms with van der Waals surface area (Å²) < 4.78 is 0. The molecule has 7 heteroatoms. The van der Waals surface area contributed by atoms with Gasteiger partial charge in [0.05, 0.1) is 12.0 Å². The summed E-state index contributed by atoms with van der Waals surface area (Å²) in [6.45, 7) is 0.518. The molecule has 1 saturated carbocycles. The molecule has 1 aliphatic rings. The van der Waals surface area contributed by atoms with Crippen LogP contribution in [0.15, 0.2) is 4.79 Å². The zero-order valence-corrected chi connectivity index (χ0v) is 11.6. The molecule has 1 amide bonds. The summed E-state index contributed by atoms with van der Waals surface area (Å²) in [5, 5.41) is 19.2. The number of carbonyl (C=O) groups is 1. The van der Waals surface area contributed by atoms with Gasteiger partial charge in [0.25, 0.3) is 0 Å². The summed E-state index contributed by atoms with van der Waals surface area (Å²) in [6.07, 6.45) is 6.06. The van der Waals surface area contributed by atoms with E-state index < -0.39 is 5.60 Å². The van der Waals surface area contributed by atoms with Crippen LogP contribution in [0.25, 0.3) is 0 Å². The van der Waals surface area contributed by atoms with Crippen molar-refractivity contribution in [2.45, 2.75) is 57.0 Å². The second kappa shape index (κ2) is 6.69. The predicted octanol–water partition coefficient (Wildman–Crippen LogP) is 0.232. The van der Waals surface area contributed by atoms with Gasteiger partial charge in [-0.1, -0.05) is 19.3 Å². The number of hydrogen-bond acceptors (Lipinski definition) is 4. The van der Waals surface area contributed by atoms with E-state index in [1.165, 1.54) is 0 Å². The predicted molar refractivity (Wildman–Crippen MR) is 73.2 cm³/mol. The maximum absolute atomic E-state index is 11.8. The van der Waals surface area contributed by atoms with Gasteiger partial charge in [-0.3, -0.25) is 9.78 Å².